The number of rotatable bonds is 7. The van der Waals surface area contributed by atoms with E-state index in [1.165, 1.54) is 5.56 Å². The van der Waals surface area contributed by atoms with Crippen LogP contribution in [0.15, 0.2) is 67.0 Å². The van der Waals surface area contributed by atoms with Crippen LogP contribution >= 0.6 is 0 Å². The molecule has 6 heteroatoms. The molecule has 0 bridgehead atoms. The molecule has 6 nitrogen and oxygen atoms in total. The SMILES string of the molecule is O=C(NC[C@@H]1CCCO1)c1ccc(-c2cnc(NCc3ccccc3)nc2)cc1. The summed E-state index contributed by atoms with van der Waals surface area (Å²) in [6, 6.07) is 17.6. The molecule has 0 radical (unpaired) electrons. The lowest BCUT2D eigenvalue weighted by Gasteiger charge is -2.11. The highest BCUT2D eigenvalue weighted by Crippen LogP contribution is 2.19. The lowest BCUT2D eigenvalue weighted by molar-refractivity contribution is 0.0858. The van der Waals surface area contributed by atoms with E-state index in [0.717, 1.165) is 30.6 Å². The van der Waals surface area contributed by atoms with Crippen LogP contribution in [-0.4, -0.2) is 35.1 Å². The molecule has 2 heterocycles. The Morgan fingerprint density at radius 2 is 1.76 bits per heavy atom. The lowest BCUT2D eigenvalue weighted by atomic mass is 10.1. The summed E-state index contributed by atoms with van der Waals surface area (Å²) in [6.45, 7) is 2.03. The van der Waals surface area contributed by atoms with Crippen LogP contribution in [0.4, 0.5) is 5.95 Å². The van der Waals surface area contributed by atoms with E-state index in [2.05, 4.69) is 32.7 Å². The second-order valence-electron chi connectivity index (χ2n) is 7.06. The molecule has 0 unspecified atom stereocenters. The van der Waals surface area contributed by atoms with Crippen LogP contribution in [0.1, 0.15) is 28.8 Å². The second-order valence-corrected chi connectivity index (χ2v) is 7.06. The third-order valence-electron chi connectivity index (χ3n) is 4.94. The number of nitrogens with zero attached hydrogens (tertiary/aromatic N) is 2. The van der Waals surface area contributed by atoms with E-state index in [0.29, 0.717) is 24.6 Å². The lowest BCUT2D eigenvalue weighted by Crippen LogP contribution is -2.31. The molecule has 0 saturated carbocycles. The van der Waals surface area contributed by atoms with Gasteiger partial charge in [-0.05, 0) is 36.1 Å². The number of hydrogen-bond acceptors (Lipinski definition) is 5. The van der Waals surface area contributed by atoms with E-state index in [4.69, 9.17) is 4.74 Å². The first-order valence-corrected chi connectivity index (χ1v) is 9.88. The Kier molecular flexibility index (Phi) is 6.12. The van der Waals surface area contributed by atoms with Crippen molar-refractivity contribution in [3.8, 4) is 11.1 Å². The first-order chi connectivity index (χ1) is 14.3. The van der Waals surface area contributed by atoms with Crippen molar-refractivity contribution >= 4 is 11.9 Å². The summed E-state index contributed by atoms with van der Waals surface area (Å²) in [5.74, 6) is 0.506. The molecule has 0 spiro atoms. The van der Waals surface area contributed by atoms with Gasteiger partial charge in [0.05, 0.1) is 6.10 Å². The topological polar surface area (TPSA) is 76.1 Å². The van der Waals surface area contributed by atoms with Crippen molar-refractivity contribution in [2.45, 2.75) is 25.5 Å². The predicted octanol–water partition coefficient (Wildman–Crippen LogP) is 3.66. The van der Waals surface area contributed by atoms with Crippen LogP contribution in [0.25, 0.3) is 11.1 Å². The third kappa shape index (κ3) is 5.18. The molecule has 1 fully saturated rings. The molecule has 1 saturated heterocycles. The molecule has 1 amide bonds. The summed E-state index contributed by atoms with van der Waals surface area (Å²) >= 11 is 0. The summed E-state index contributed by atoms with van der Waals surface area (Å²) in [6.07, 6.45) is 5.79. The molecule has 1 aliphatic heterocycles. The van der Waals surface area contributed by atoms with Gasteiger partial charge in [0.1, 0.15) is 0 Å². The zero-order valence-corrected chi connectivity index (χ0v) is 16.2. The Bertz CT molecular complexity index is 921. The van der Waals surface area contributed by atoms with E-state index in [-0.39, 0.29) is 12.0 Å². The van der Waals surface area contributed by atoms with Gasteiger partial charge in [0.25, 0.3) is 5.91 Å². The molecule has 2 aromatic carbocycles. The minimum absolute atomic E-state index is 0.0799. The van der Waals surface area contributed by atoms with E-state index >= 15 is 0 Å². The fourth-order valence-electron chi connectivity index (χ4n) is 3.27. The monoisotopic (exact) mass is 388 g/mol. The molecular formula is C23H24N4O2. The fraction of sp³-hybridized carbons (Fsp3) is 0.261. The van der Waals surface area contributed by atoms with Crippen LogP contribution in [0.5, 0.6) is 0 Å². The van der Waals surface area contributed by atoms with Gasteiger partial charge in [0, 0.05) is 43.2 Å². The van der Waals surface area contributed by atoms with Crippen molar-refractivity contribution in [3.05, 3.63) is 78.1 Å². The largest absolute Gasteiger partial charge is 0.376 e. The minimum Gasteiger partial charge on any atom is -0.376 e. The number of aromatic nitrogens is 2. The van der Waals surface area contributed by atoms with E-state index in [1.54, 1.807) is 12.4 Å². The zero-order valence-electron chi connectivity index (χ0n) is 16.2. The first kappa shape index (κ1) is 19.1. The van der Waals surface area contributed by atoms with Gasteiger partial charge in [-0.1, -0.05) is 42.5 Å². The van der Waals surface area contributed by atoms with Gasteiger partial charge in [-0.15, -0.1) is 0 Å². The quantitative estimate of drug-likeness (QED) is 0.646. The van der Waals surface area contributed by atoms with Crippen molar-refractivity contribution in [2.24, 2.45) is 0 Å². The first-order valence-electron chi connectivity index (χ1n) is 9.88. The van der Waals surface area contributed by atoms with Gasteiger partial charge in [0.15, 0.2) is 0 Å². The molecule has 1 aromatic heterocycles. The summed E-state index contributed by atoms with van der Waals surface area (Å²) in [5, 5.41) is 6.15. The molecule has 2 N–H and O–H groups in total. The Morgan fingerprint density at radius 3 is 2.45 bits per heavy atom. The van der Waals surface area contributed by atoms with Crippen molar-refractivity contribution in [3.63, 3.8) is 0 Å². The Balaban J connectivity index is 1.32. The number of nitrogens with one attached hydrogen (secondary N) is 2. The normalized spacial score (nSPS) is 15.8. The molecule has 1 atom stereocenters. The van der Waals surface area contributed by atoms with Gasteiger partial charge in [-0.25, -0.2) is 9.97 Å². The zero-order chi connectivity index (χ0) is 19.9. The van der Waals surface area contributed by atoms with Gasteiger partial charge >= 0.3 is 0 Å². The number of amides is 1. The molecule has 148 valence electrons. The summed E-state index contributed by atoms with van der Waals surface area (Å²) in [7, 11) is 0. The Hall–Kier alpha value is -3.25. The fourth-order valence-corrected chi connectivity index (χ4v) is 3.27. The number of hydrogen-bond donors (Lipinski definition) is 2. The summed E-state index contributed by atoms with van der Waals surface area (Å²) in [4.78, 5) is 21.1. The van der Waals surface area contributed by atoms with Crippen molar-refractivity contribution in [1.82, 2.24) is 15.3 Å². The summed E-state index contributed by atoms with van der Waals surface area (Å²) in [5.41, 5.74) is 3.68. The predicted molar refractivity (Wildman–Crippen MR) is 113 cm³/mol. The smallest absolute Gasteiger partial charge is 0.251 e. The molecule has 4 rings (SSSR count). The molecule has 3 aromatic rings. The standard InChI is InChI=1S/C23H24N4O2/c28-22(24-16-21-7-4-12-29-21)19-10-8-18(9-11-19)20-14-26-23(27-15-20)25-13-17-5-2-1-3-6-17/h1-3,5-6,8-11,14-15,21H,4,7,12-13,16H2,(H,24,28)(H,25,26,27)/t21-/m0/s1. The number of ether oxygens (including phenoxy) is 1. The molecule has 0 aliphatic carbocycles. The second kappa shape index (κ2) is 9.30. The van der Waals surface area contributed by atoms with Gasteiger partial charge in [-0.2, -0.15) is 0 Å². The average molecular weight is 388 g/mol. The number of carbonyl (C=O) groups is 1. The molecular weight excluding hydrogens is 364 g/mol. The average Bonchev–Trinajstić information content (AvgIpc) is 3.31. The highest BCUT2D eigenvalue weighted by Gasteiger charge is 2.16. The Labute approximate surface area is 170 Å². The van der Waals surface area contributed by atoms with Crippen molar-refractivity contribution in [2.75, 3.05) is 18.5 Å². The maximum absolute atomic E-state index is 12.3. The highest BCUT2D eigenvalue weighted by atomic mass is 16.5. The van der Waals surface area contributed by atoms with Crippen LogP contribution in [-0.2, 0) is 11.3 Å². The van der Waals surface area contributed by atoms with Crippen LogP contribution in [0, 0.1) is 0 Å². The number of anilines is 1. The maximum Gasteiger partial charge on any atom is 0.251 e. The molecule has 1 aliphatic rings. The van der Waals surface area contributed by atoms with E-state index < -0.39 is 0 Å². The van der Waals surface area contributed by atoms with Crippen LogP contribution < -0.4 is 10.6 Å². The van der Waals surface area contributed by atoms with Gasteiger partial charge < -0.3 is 15.4 Å². The van der Waals surface area contributed by atoms with Gasteiger partial charge in [-0.3, -0.25) is 4.79 Å². The minimum atomic E-state index is -0.0799. The van der Waals surface area contributed by atoms with Crippen molar-refractivity contribution < 1.29 is 9.53 Å². The van der Waals surface area contributed by atoms with Crippen LogP contribution in [0.2, 0.25) is 0 Å². The highest BCUT2D eigenvalue weighted by molar-refractivity contribution is 5.94. The maximum atomic E-state index is 12.3. The Morgan fingerprint density at radius 1 is 1.00 bits per heavy atom. The van der Waals surface area contributed by atoms with Crippen LogP contribution in [0.3, 0.4) is 0 Å². The number of carbonyl (C=O) groups excluding carboxylic acids is 1. The summed E-state index contributed by atoms with van der Waals surface area (Å²) < 4.78 is 5.53. The van der Waals surface area contributed by atoms with Gasteiger partial charge in [0.2, 0.25) is 5.95 Å². The van der Waals surface area contributed by atoms with E-state index in [1.807, 2.05) is 42.5 Å². The van der Waals surface area contributed by atoms with Crippen molar-refractivity contribution in [1.29, 1.82) is 0 Å². The molecule has 29 heavy (non-hydrogen) atoms. The van der Waals surface area contributed by atoms with E-state index in [9.17, 15) is 4.79 Å². The third-order valence-corrected chi connectivity index (χ3v) is 4.94. The number of benzene rings is 2.